The average Bonchev–Trinajstić information content (AvgIpc) is 3.57. The van der Waals surface area contributed by atoms with Gasteiger partial charge in [0.25, 0.3) is 0 Å². The van der Waals surface area contributed by atoms with E-state index >= 15 is 0 Å². The number of hydrogen-bond acceptors (Lipinski definition) is 8. The third kappa shape index (κ3) is 6.49. The van der Waals surface area contributed by atoms with Crippen molar-refractivity contribution in [1.82, 2.24) is 0 Å². The van der Waals surface area contributed by atoms with Crippen molar-refractivity contribution in [3.8, 4) is 0 Å². The molecule has 0 amide bonds. The van der Waals surface area contributed by atoms with Crippen molar-refractivity contribution in [2.24, 2.45) is 5.92 Å². The quantitative estimate of drug-likeness (QED) is 0.198. The summed E-state index contributed by atoms with van der Waals surface area (Å²) in [6.45, 7) is 4.55. The minimum absolute atomic E-state index is 0.0951. The minimum atomic E-state index is -1.59. The SMILES string of the molecule is CC(=O)OC(OC(C(=O)OC1CC2CCC(C1)[N+]21CCCC1)(c1ccccc1)c1ccccc1)C1CCOCC1.O=C[O-]. The lowest BCUT2D eigenvalue weighted by Crippen LogP contribution is -2.60. The number of benzene rings is 2. The smallest absolute Gasteiger partial charge is 0.348 e. The summed E-state index contributed by atoms with van der Waals surface area (Å²) < 4.78 is 26.0. The lowest BCUT2D eigenvalue weighted by molar-refractivity contribution is -0.956. The number of nitrogens with zero attached hydrogens (tertiary/aromatic N) is 1. The van der Waals surface area contributed by atoms with E-state index in [0.717, 1.165) is 12.8 Å². The molecule has 4 saturated heterocycles. The number of ether oxygens (including phenoxy) is 4. The highest BCUT2D eigenvalue weighted by Gasteiger charge is 2.57. The molecule has 2 aromatic rings. The van der Waals surface area contributed by atoms with E-state index in [0.29, 0.717) is 49.3 Å². The Labute approximate surface area is 253 Å². The lowest BCUT2D eigenvalue weighted by atomic mass is 9.85. The maximum absolute atomic E-state index is 14.7. The van der Waals surface area contributed by atoms with E-state index in [1.54, 1.807) is 0 Å². The highest BCUT2D eigenvalue weighted by atomic mass is 16.7. The van der Waals surface area contributed by atoms with Gasteiger partial charge in [-0.25, -0.2) is 4.79 Å². The van der Waals surface area contributed by atoms with Crippen LogP contribution >= 0.6 is 0 Å². The Hall–Kier alpha value is -3.27. The van der Waals surface area contributed by atoms with Crippen molar-refractivity contribution in [3.05, 3.63) is 71.8 Å². The molecule has 9 heteroatoms. The number of rotatable bonds is 8. The van der Waals surface area contributed by atoms with Gasteiger partial charge in [-0.15, -0.1) is 0 Å². The topological polar surface area (TPSA) is 111 Å². The number of piperidine rings is 1. The van der Waals surface area contributed by atoms with Crippen LogP contribution in [0.3, 0.4) is 0 Å². The van der Waals surface area contributed by atoms with Crippen LogP contribution in [0.5, 0.6) is 0 Å². The number of quaternary nitrogens is 1. The Bertz CT molecular complexity index is 1150. The monoisotopic (exact) mass is 593 g/mol. The van der Waals surface area contributed by atoms with E-state index < -0.39 is 30.3 Å². The van der Waals surface area contributed by atoms with E-state index in [9.17, 15) is 9.59 Å². The van der Waals surface area contributed by atoms with E-state index in [-0.39, 0.29) is 12.0 Å². The van der Waals surface area contributed by atoms with Gasteiger partial charge >= 0.3 is 11.9 Å². The van der Waals surface area contributed by atoms with Gasteiger partial charge in [-0.05, 0) is 24.0 Å². The lowest BCUT2D eigenvalue weighted by Gasteiger charge is -2.47. The Morgan fingerprint density at radius 3 is 1.91 bits per heavy atom. The molecule has 9 nitrogen and oxygen atoms in total. The molecule has 0 aliphatic carbocycles. The van der Waals surface area contributed by atoms with Crippen LogP contribution in [-0.2, 0) is 38.9 Å². The zero-order valence-corrected chi connectivity index (χ0v) is 24.9. The number of esters is 2. The second kappa shape index (κ2) is 14.0. The number of carbonyl (C=O) groups excluding carboxylic acids is 3. The third-order valence-electron chi connectivity index (χ3n) is 9.90. The maximum Gasteiger partial charge on any atom is 0.348 e. The Morgan fingerprint density at radius 2 is 1.42 bits per heavy atom. The Balaban J connectivity index is 0.00000118. The second-order valence-corrected chi connectivity index (χ2v) is 12.2. The van der Waals surface area contributed by atoms with Gasteiger partial charge in [-0.2, -0.15) is 0 Å². The summed E-state index contributed by atoms with van der Waals surface area (Å²) in [5.74, 6) is -0.973. The average molecular weight is 594 g/mol. The van der Waals surface area contributed by atoms with E-state index in [2.05, 4.69) is 0 Å². The van der Waals surface area contributed by atoms with Gasteiger partial charge in [0.15, 0.2) is 0 Å². The van der Waals surface area contributed by atoms with Crippen LogP contribution in [0.4, 0.5) is 0 Å². The van der Waals surface area contributed by atoms with E-state index in [1.165, 1.54) is 50.2 Å². The van der Waals surface area contributed by atoms with Crippen molar-refractivity contribution >= 4 is 18.4 Å². The first kappa shape index (κ1) is 31.2. The van der Waals surface area contributed by atoms with Gasteiger partial charge in [-0.1, -0.05) is 60.7 Å². The number of carbonyl (C=O) groups is 3. The highest BCUT2D eigenvalue weighted by molar-refractivity contribution is 5.86. The first-order valence-corrected chi connectivity index (χ1v) is 15.6. The standard InChI is InChI=1S/C33H42NO6.CH2O2/c1-24(35)38-31(25-16-20-37-21-17-25)40-33(26-10-4-2-5-11-26,27-12-6-3-7-13-27)32(36)39-30-22-28-14-15-29(23-30)34(28)18-8-9-19-34;2-1-3/h2-7,10-13,25,28-31H,8-9,14-23H2,1H3;1H,(H,2,3)/q+1;/p-1. The van der Waals surface area contributed by atoms with Crippen LogP contribution in [-0.4, -0.2) is 73.7 Å². The predicted molar refractivity (Wildman–Crippen MR) is 155 cm³/mol. The molecule has 4 aliphatic heterocycles. The fourth-order valence-corrected chi connectivity index (χ4v) is 8.02. The number of carboxylic acid groups (broad SMARTS) is 1. The minimum Gasteiger partial charge on any atom is -0.554 e. The van der Waals surface area contributed by atoms with Crippen LogP contribution in [0.2, 0.25) is 0 Å². The normalized spacial score (nSPS) is 25.3. The van der Waals surface area contributed by atoms with Gasteiger partial charge in [-0.3, -0.25) is 4.79 Å². The zero-order chi connectivity index (χ0) is 30.3. The predicted octanol–water partition coefficient (Wildman–Crippen LogP) is 3.48. The van der Waals surface area contributed by atoms with Crippen molar-refractivity contribution < 1.29 is 42.9 Å². The zero-order valence-electron chi connectivity index (χ0n) is 24.9. The molecular weight excluding hydrogens is 550 g/mol. The van der Waals surface area contributed by atoms with Crippen molar-refractivity contribution in [2.75, 3.05) is 26.3 Å². The molecular formula is C34H43NO8. The summed E-state index contributed by atoms with van der Waals surface area (Å²) in [7, 11) is 0. The van der Waals surface area contributed by atoms with E-state index in [4.69, 9.17) is 28.8 Å². The maximum atomic E-state index is 14.7. The molecule has 3 atom stereocenters. The summed E-state index contributed by atoms with van der Waals surface area (Å²) in [6.07, 6.45) is 7.13. The molecule has 0 N–H and O–H groups in total. The molecule has 2 bridgehead atoms. The molecule has 4 aliphatic rings. The number of hydrogen-bond donors (Lipinski definition) is 0. The molecule has 4 fully saturated rings. The van der Waals surface area contributed by atoms with Gasteiger partial charge in [0, 0.05) is 71.1 Å². The first-order chi connectivity index (χ1) is 20.9. The molecule has 2 aromatic carbocycles. The van der Waals surface area contributed by atoms with Crippen molar-refractivity contribution in [1.29, 1.82) is 0 Å². The molecule has 0 aromatic heterocycles. The molecule has 3 unspecified atom stereocenters. The van der Waals surface area contributed by atoms with Crippen LogP contribution in [0.25, 0.3) is 0 Å². The first-order valence-electron chi connectivity index (χ1n) is 15.6. The molecule has 0 saturated carbocycles. The van der Waals surface area contributed by atoms with Gasteiger partial charge in [0.05, 0.1) is 25.2 Å². The third-order valence-corrected chi connectivity index (χ3v) is 9.90. The highest BCUT2D eigenvalue weighted by Crippen LogP contribution is 2.47. The summed E-state index contributed by atoms with van der Waals surface area (Å²) in [5, 5.41) is 8.25. The van der Waals surface area contributed by atoms with E-state index in [1.807, 2.05) is 60.7 Å². The van der Waals surface area contributed by atoms with Crippen molar-refractivity contribution in [2.45, 2.75) is 88.4 Å². The summed E-state index contributed by atoms with van der Waals surface area (Å²) in [6, 6.07) is 20.2. The molecule has 0 radical (unpaired) electrons. The molecule has 232 valence electrons. The summed E-state index contributed by atoms with van der Waals surface area (Å²) in [4.78, 5) is 35.2. The van der Waals surface area contributed by atoms with Crippen molar-refractivity contribution in [3.63, 3.8) is 0 Å². The van der Waals surface area contributed by atoms with Crippen LogP contribution in [0.15, 0.2) is 60.7 Å². The summed E-state index contributed by atoms with van der Waals surface area (Å²) in [5.41, 5.74) is -0.258. The van der Waals surface area contributed by atoms with Crippen LogP contribution in [0, 0.1) is 5.92 Å². The fraction of sp³-hybridized carbons (Fsp3) is 0.559. The largest absolute Gasteiger partial charge is 0.554 e. The second-order valence-electron chi connectivity index (χ2n) is 12.2. The Kier molecular flexibility index (Phi) is 10.2. The summed E-state index contributed by atoms with van der Waals surface area (Å²) >= 11 is 0. The van der Waals surface area contributed by atoms with Gasteiger partial charge in [0.2, 0.25) is 11.9 Å². The van der Waals surface area contributed by atoms with Gasteiger partial charge in [0.1, 0.15) is 6.10 Å². The van der Waals surface area contributed by atoms with Crippen LogP contribution in [0.1, 0.15) is 69.4 Å². The molecule has 43 heavy (non-hydrogen) atoms. The molecule has 1 spiro atoms. The molecule has 4 heterocycles. The molecule has 6 rings (SSSR count). The van der Waals surface area contributed by atoms with Gasteiger partial charge < -0.3 is 33.3 Å². The Morgan fingerprint density at radius 1 is 0.907 bits per heavy atom. The fourth-order valence-electron chi connectivity index (χ4n) is 8.02. The van der Waals surface area contributed by atoms with Crippen LogP contribution < -0.4 is 5.11 Å².